The van der Waals surface area contributed by atoms with Crippen LogP contribution in [0.2, 0.25) is 10.0 Å². The molecule has 122 valence electrons. The van der Waals surface area contributed by atoms with Gasteiger partial charge in [0.15, 0.2) is 0 Å². The molecule has 1 aromatic rings. The van der Waals surface area contributed by atoms with Crippen LogP contribution in [0.3, 0.4) is 0 Å². The van der Waals surface area contributed by atoms with Crippen molar-refractivity contribution in [1.82, 2.24) is 10.2 Å². The van der Waals surface area contributed by atoms with Crippen LogP contribution in [0.25, 0.3) is 0 Å². The lowest BCUT2D eigenvalue weighted by molar-refractivity contribution is -0.141. The van der Waals surface area contributed by atoms with Gasteiger partial charge in [0.1, 0.15) is 6.04 Å². The predicted molar refractivity (Wildman–Crippen MR) is 90.1 cm³/mol. The van der Waals surface area contributed by atoms with E-state index < -0.39 is 6.04 Å². The molecule has 0 aliphatic rings. The average Bonchev–Trinajstić information content (AvgIpc) is 2.50. The van der Waals surface area contributed by atoms with Crippen molar-refractivity contribution in [1.29, 1.82) is 0 Å². The Bertz CT molecular complexity index is 535. The number of amides is 2. The molecule has 0 aromatic heterocycles. The van der Waals surface area contributed by atoms with Gasteiger partial charge in [0, 0.05) is 19.5 Å². The Morgan fingerprint density at radius 1 is 1.18 bits per heavy atom. The first-order valence-corrected chi connectivity index (χ1v) is 8.21. The van der Waals surface area contributed by atoms with Crippen LogP contribution in [-0.2, 0) is 16.1 Å². The van der Waals surface area contributed by atoms with E-state index in [9.17, 15) is 9.59 Å². The van der Waals surface area contributed by atoms with Crippen LogP contribution in [0.1, 0.15) is 39.2 Å². The van der Waals surface area contributed by atoms with E-state index in [4.69, 9.17) is 23.2 Å². The van der Waals surface area contributed by atoms with E-state index in [2.05, 4.69) is 5.32 Å². The van der Waals surface area contributed by atoms with E-state index in [0.29, 0.717) is 36.0 Å². The topological polar surface area (TPSA) is 49.4 Å². The van der Waals surface area contributed by atoms with Crippen LogP contribution in [0, 0.1) is 0 Å². The van der Waals surface area contributed by atoms with E-state index in [-0.39, 0.29) is 11.8 Å². The number of halogens is 2. The van der Waals surface area contributed by atoms with Crippen molar-refractivity contribution < 1.29 is 9.59 Å². The second-order valence-corrected chi connectivity index (χ2v) is 5.76. The van der Waals surface area contributed by atoms with Crippen molar-refractivity contribution in [3.63, 3.8) is 0 Å². The van der Waals surface area contributed by atoms with Gasteiger partial charge in [0.2, 0.25) is 11.8 Å². The number of nitrogens with zero attached hydrogens (tertiary/aromatic N) is 1. The molecular formula is C16H22Cl2N2O2. The molecule has 4 nitrogen and oxygen atoms in total. The lowest BCUT2D eigenvalue weighted by Crippen LogP contribution is -2.48. The Hall–Kier alpha value is -1.26. The van der Waals surface area contributed by atoms with Crippen molar-refractivity contribution in [3.05, 3.63) is 33.8 Å². The van der Waals surface area contributed by atoms with Gasteiger partial charge in [-0.3, -0.25) is 9.59 Å². The first-order chi connectivity index (χ1) is 10.4. The monoisotopic (exact) mass is 344 g/mol. The summed E-state index contributed by atoms with van der Waals surface area (Å²) in [7, 11) is 0. The van der Waals surface area contributed by atoms with Crippen LogP contribution >= 0.6 is 23.2 Å². The fraction of sp³-hybridized carbons (Fsp3) is 0.500. The van der Waals surface area contributed by atoms with Gasteiger partial charge >= 0.3 is 0 Å². The molecule has 6 heteroatoms. The molecule has 1 N–H and O–H groups in total. The summed E-state index contributed by atoms with van der Waals surface area (Å²) in [5.41, 5.74) is 0.846. The highest BCUT2D eigenvalue weighted by Crippen LogP contribution is 2.24. The van der Waals surface area contributed by atoms with Crippen molar-refractivity contribution >= 4 is 35.0 Å². The third-order valence-corrected chi connectivity index (χ3v) is 4.12. The third kappa shape index (κ3) is 4.89. The molecule has 0 bridgehead atoms. The molecule has 22 heavy (non-hydrogen) atoms. The minimum Gasteiger partial charge on any atom is -0.355 e. The lowest BCUT2D eigenvalue weighted by Gasteiger charge is -2.30. The molecule has 0 aliphatic carbocycles. The zero-order chi connectivity index (χ0) is 16.7. The smallest absolute Gasteiger partial charge is 0.242 e. The molecule has 0 saturated heterocycles. The van der Waals surface area contributed by atoms with Crippen molar-refractivity contribution in [2.75, 3.05) is 6.54 Å². The van der Waals surface area contributed by atoms with Crippen molar-refractivity contribution in [3.8, 4) is 0 Å². The van der Waals surface area contributed by atoms with E-state index in [1.807, 2.05) is 19.9 Å². The fourth-order valence-corrected chi connectivity index (χ4v) is 2.57. The van der Waals surface area contributed by atoms with Crippen molar-refractivity contribution in [2.24, 2.45) is 0 Å². The molecule has 0 aliphatic heterocycles. The number of benzene rings is 1. The highest BCUT2D eigenvalue weighted by molar-refractivity contribution is 6.42. The highest BCUT2D eigenvalue weighted by atomic mass is 35.5. The van der Waals surface area contributed by atoms with E-state index in [0.717, 1.165) is 5.56 Å². The Balaban J connectivity index is 3.03. The second-order valence-electron chi connectivity index (χ2n) is 4.94. The lowest BCUT2D eigenvalue weighted by atomic mass is 10.1. The fourth-order valence-electron chi connectivity index (χ4n) is 2.25. The molecule has 0 unspecified atom stereocenters. The van der Waals surface area contributed by atoms with Gasteiger partial charge in [-0.25, -0.2) is 0 Å². The van der Waals surface area contributed by atoms with Crippen LogP contribution in [-0.4, -0.2) is 29.3 Å². The van der Waals surface area contributed by atoms with Crippen LogP contribution in [0.4, 0.5) is 0 Å². The largest absolute Gasteiger partial charge is 0.355 e. The molecule has 0 spiro atoms. The van der Waals surface area contributed by atoms with E-state index >= 15 is 0 Å². The summed E-state index contributed by atoms with van der Waals surface area (Å²) < 4.78 is 0. The zero-order valence-electron chi connectivity index (χ0n) is 13.2. The number of carbonyl (C=O) groups is 2. The minimum atomic E-state index is -0.484. The normalized spacial score (nSPS) is 11.9. The third-order valence-electron chi connectivity index (χ3n) is 3.38. The first-order valence-electron chi connectivity index (χ1n) is 7.45. The number of rotatable bonds is 7. The summed E-state index contributed by atoms with van der Waals surface area (Å²) in [6, 6.07) is 4.75. The SMILES string of the molecule is CCNC(=O)[C@H](CC)N(Cc1ccc(Cl)c(Cl)c1)C(=O)CC. The Morgan fingerprint density at radius 2 is 1.86 bits per heavy atom. The summed E-state index contributed by atoms with van der Waals surface area (Å²) in [4.78, 5) is 26.1. The van der Waals surface area contributed by atoms with Crippen LogP contribution < -0.4 is 5.32 Å². The van der Waals surface area contributed by atoms with Gasteiger partial charge in [0.05, 0.1) is 10.0 Å². The van der Waals surface area contributed by atoms with Crippen LogP contribution in [0.15, 0.2) is 18.2 Å². The standard InChI is InChI=1S/C16H22Cl2N2O2/c1-4-14(16(22)19-6-3)20(15(21)5-2)10-11-7-8-12(17)13(18)9-11/h7-9,14H,4-6,10H2,1-3H3,(H,19,22)/t14-/m0/s1. The average molecular weight is 345 g/mol. The number of hydrogen-bond acceptors (Lipinski definition) is 2. The Kier molecular flexibility index (Phi) is 7.69. The number of carbonyl (C=O) groups excluding carboxylic acids is 2. The quantitative estimate of drug-likeness (QED) is 0.820. The van der Waals surface area contributed by atoms with Gasteiger partial charge in [-0.05, 0) is 31.0 Å². The zero-order valence-corrected chi connectivity index (χ0v) is 14.7. The molecule has 0 fully saturated rings. The summed E-state index contributed by atoms with van der Waals surface area (Å²) in [5.74, 6) is -0.198. The van der Waals surface area contributed by atoms with Gasteiger partial charge in [0.25, 0.3) is 0 Å². The van der Waals surface area contributed by atoms with Gasteiger partial charge in [-0.2, -0.15) is 0 Å². The molecular weight excluding hydrogens is 323 g/mol. The van der Waals surface area contributed by atoms with Gasteiger partial charge in [-0.1, -0.05) is 43.1 Å². The highest BCUT2D eigenvalue weighted by Gasteiger charge is 2.27. The maximum absolute atomic E-state index is 12.3. The summed E-state index contributed by atoms with van der Waals surface area (Å²) >= 11 is 11.9. The number of nitrogens with one attached hydrogen (secondary N) is 1. The van der Waals surface area contributed by atoms with Gasteiger partial charge < -0.3 is 10.2 Å². The van der Waals surface area contributed by atoms with Crippen molar-refractivity contribution in [2.45, 2.75) is 46.2 Å². The maximum atomic E-state index is 12.3. The van der Waals surface area contributed by atoms with E-state index in [1.54, 1.807) is 24.0 Å². The molecule has 0 radical (unpaired) electrons. The minimum absolute atomic E-state index is 0.0656. The molecule has 0 saturated carbocycles. The molecule has 1 rings (SSSR count). The first kappa shape index (κ1) is 18.8. The summed E-state index contributed by atoms with van der Waals surface area (Å²) in [6.45, 7) is 6.41. The molecule has 2 amide bonds. The summed E-state index contributed by atoms with van der Waals surface area (Å²) in [5, 5.41) is 3.69. The Morgan fingerprint density at radius 3 is 2.36 bits per heavy atom. The number of likely N-dealkylation sites (N-methyl/N-ethyl adjacent to an activating group) is 1. The Labute approximate surface area is 141 Å². The number of hydrogen-bond donors (Lipinski definition) is 1. The van der Waals surface area contributed by atoms with Gasteiger partial charge in [-0.15, -0.1) is 0 Å². The molecule has 1 aromatic carbocycles. The molecule has 1 atom stereocenters. The predicted octanol–water partition coefficient (Wildman–Crippen LogP) is 3.65. The summed E-state index contributed by atoms with van der Waals surface area (Å²) in [6.07, 6.45) is 0.899. The second kappa shape index (κ2) is 9.01. The van der Waals surface area contributed by atoms with E-state index in [1.165, 1.54) is 0 Å². The maximum Gasteiger partial charge on any atom is 0.242 e. The van der Waals surface area contributed by atoms with Crippen LogP contribution in [0.5, 0.6) is 0 Å². The molecule has 0 heterocycles.